The first-order valence-electron chi connectivity index (χ1n) is 8.36. The lowest BCUT2D eigenvalue weighted by molar-refractivity contribution is 0.107. The first-order valence-corrected chi connectivity index (χ1v) is 8.36. The third-order valence-electron chi connectivity index (χ3n) is 4.31. The molecule has 2 N–H and O–H groups in total. The van der Waals surface area contributed by atoms with Crippen LogP contribution in [0.25, 0.3) is 22.2 Å². The van der Waals surface area contributed by atoms with Crippen molar-refractivity contribution < 1.29 is 14.3 Å². The van der Waals surface area contributed by atoms with Crippen molar-refractivity contribution in [1.82, 2.24) is 15.5 Å². The van der Waals surface area contributed by atoms with Gasteiger partial charge in [-0.3, -0.25) is 5.10 Å². The van der Waals surface area contributed by atoms with E-state index in [9.17, 15) is 4.79 Å². The zero-order chi connectivity index (χ0) is 17.2. The molecule has 0 spiro atoms. The molecule has 0 fully saturated rings. The summed E-state index contributed by atoms with van der Waals surface area (Å²) in [5.41, 5.74) is 3.70. The van der Waals surface area contributed by atoms with E-state index >= 15 is 0 Å². The minimum atomic E-state index is -0.421. The number of fused-ring (bicyclic) bond motifs is 4. The lowest BCUT2D eigenvalue weighted by atomic mass is 10.0. The molecule has 1 aromatic heterocycles. The number of alkyl carbamates (subject to hydrolysis) is 1. The Morgan fingerprint density at radius 2 is 2.12 bits per heavy atom. The number of nitrogens with zero attached hydrogens (tertiary/aromatic N) is 1. The highest BCUT2D eigenvalue weighted by atomic mass is 16.6. The quantitative estimate of drug-likeness (QED) is 0.654. The van der Waals surface area contributed by atoms with Crippen molar-refractivity contribution in [2.45, 2.75) is 19.4 Å². The summed E-state index contributed by atoms with van der Waals surface area (Å²) in [6.45, 7) is 2.88. The second-order valence-corrected chi connectivity index (χ2v) is 6.08. The lowest BCUT2D eigenvalue weighted by Crippen LogP contribution is -2.27. The number of aromatic amines is 1. The summed E-state index contributed by atoms with van der Waals surface area (Å²) in [7, 11) is 0. The Morgan fingerprint density at radius 3 is 3.04 bits per heavy atom. The van der Waals surface area contributed by atoms with Gasteiger partial charge in [0.2, 0.25) is 0 Å². The fourth-order valence-corrected chi connectivity index (χ4v) is 2.96. The van der Waals surface area contributed by atoms with Crippen LogP contribution >= 0.6 is 0 Å². The molecule has 0 unspecified atom stereocenters. The first kappa shape index (κ1) is 15.5. The number of amides is 1. The number of nitrogens with one attached hydrogen (secondary N) is 2. The SMILES string of the molecule is C[C@H]1OC(=O)NCCCOc2ccc3[nH]nc(c3c2)-c2cccc1c2. The molecule has 25 heavy (non-hydrogen) atoms. The topological polar surface area (TPSA) is 76.2 Å². The minimum absolute atomic E-state index is 0.345. The van der Waals surface area contributed by atoms with Crippen molar-refractivity contribution in [2.24, 2.45) is 0 Å². The average molecular weight is 337 g/mol. The van der Waals surface area contributed by atoms with Crippen molar-refractivity contribution in [1.29, 1.82) is 0 Å². The predicted molar refractivity (Wildman–Crippen MR) is 94.5 cm³/mol. The van der Waals surface area contributed by atoms with Gasteiger partial charge in [-0.2, -0.15) is 5.10 Å². The summed E-state index contributed by atoms with van der Waals surface area (Å²) >= 11 is 0. The highest BCUT2D eigenvalue weighted by Gasteiger charge is 2.15. The number of benzene rings is 2. The summed E-state index contributed by atoms with van der Waals surface area (Å²) in [5, 5.41) is 11.3. The predicted octanol–water partition coefficient (Wildman–Crippen LogP) is 3.80. The van der Waals surface area contributed by atoms with Crippen LogP contribution in [0.5, 0.6) is 5.75 Å². The summed E-state index contributed by atoms with van der Waals surface area (Å²) in [4.78, 5) is 11.9. The number of hydrogen-bond acceptors (Lipinski definition) is 4. The van der Waals surface area contributed by atoms with Crippen LogP contribution in [-0.2, 0) is 4.74 Å². The summed E-state index contributed by atoms with van der Waals surface area (Å²) in [6, 6.07) is 13.8. The van der Waals surface area contributed by atoms with Gasteiger partial charge in [0, 0.05) is 17.5 Å². The van der Waals surface area contributed by atoms with Crippen LogP contribution in [0.1, 0.15) is 25.0 Å². The molecule has 6 heteroatoms. The number of cyclic esters (lactones) is 1. The first-order chi connectivity index (χ1) is 12.2. The van der Waals surface area contributed by atoms with Gasteiger partial charge in [-0.25, -0.2) is 4.79 Å². The zero-order valence-corrected chi connectivity index (χ0v) is 13.9. The van der Waals surface area contributed by atoms with E-state index in [-0.39, 0.29) is 6.10 Å². The smallest absolute Gasteiger partial charge is 0.407 e. The van der Waals surface area contributed by atoms with Gasteiger partial charge >= 0.3 is 6.09 Å². The number of ether oxygens (including phenoxy) is 2. The van der Waals surface area contributed by atoms with Crippen molar-refractivity contribution in [3.05, 3.63) is 48.0 Å². The number of rotatable bonds is 0. The minimum Gasteiger partial charge on any atom is -0.494 e. The lowest BCUT2D eigenvalue weighted by Gasteiger charge is -2.15. The van der Waals surface area contributed by atoms with Gasteiger partial charge in [-0.15, -0.1) is 0 Å². The number of H-pyrrole nitrogens is 1. The van der Waals surface area contributed by atoms with E-state index in [2.05, 4.69) is 15.5 Å². The summed E-state index contributed by atoms with van der Waals surface area (Å²) < 4.78 is 11.2. The van der Waals surface area contributed by atoms with Gasteiger partial charge in [-0.05, 0) is 43.2 Å². The van der Waals surface area contributed by atoms with Gasteiger partial charge in [-0.1, -0.05) is 18.2 Å². The standard InChI is InChI=1S/C19H19N3O3/c1-12-13-4-2-5-14(10-13)18-16-11-15(6-7-17(16)21-22-18)24-9-3-8-20-19(23)25-12/h2,4-7,10-12H,3,8-9H2,1H3,(H,20,23)(H,21,22)/t12-/m1/s1. The Morgan fingerprint density at radius 1 is 1.20 bits per heavy atom. The van der Waals surface area contributed by atoms with E-state index in [4.69, 9.17) is 9.47 Å². The second-order valence-electron chi connectivity index (χ2n) is 6.08. The Hall–Kier alpha value is -3.02. The van der Waals surface area contributed by atoms with Crippen LogP contribution in [0.4, 0.5) is 4.79 Å². The maximum Gasteiger partial charge on any atom is 0.407 e. The van der Waals surface area contributed by atoms with E-state index in [1.54, 1.807) is 0 Å². The van der Waals surface area contributed by atoms with E-state index in [1.807, 2.05) is 49.4 Å². The van der Waals surface area contributed by atoms with Crippen LogP contribution in [0.2, 0.25) is 0 Å². The molecule has 1 atom stereocenters. The van der Waals surface area contributed by atoms with Crippen molar-refractivity contribution in [3.8, 4) is 17.0 Å². The number of hydrogen-bond donors (Lipinski definition) is 2. The molecule has 2 heterocycles. The molecule has 0 saturated heterocycles. The van der Waals surface area contributed by atoms with E-state index in [1.165, 1.54) is 0 Å². The van der Waals surface area contributed by atoms with Crippen LogP contribution < -0.4 is 10.1 Å². The van der Waals surface area contributed by atoms with E-state index < -0.39 is 6.09 Å². The van der Waals surface area contributed by atoms with Gasteiger partial charge in [0.25, 0.3) is 0 Å². The molecule has 4 rings (SSSR count). The largest absolute Gasteiger partial charge is 0.494 e. The second kappa shape index (κ2) is 6.47. The molecule has 0 saturated carbocycles. The fraction of sp³-hybridized carbons (Fsp3) is 0.263. The molecule has 0 aliphatic carbocycles. The molecule has 6 nitrogen and oxygen atoms in total. The molecule has 4 bridgehead atoms. The maximum absolute atomic E-state index is 11.9. The molecular formula is C19H19N3O3. The molecule has 3 aromatic rings. The molecule has 128 valence electrons. The normalized spacial score (nSPS) is 18.0. The number of carbonyl (C=O) groups excluding carboxylic acids is 1. The van der Waals surface area contributed by atoms with Gasteiger partial charge in [0.05, 0.1) is 12.1 Å². The number of carbonyl (C=O) groups is 1. The van der Waals surface area contributed by atoms with Crippen molar-refractivity contribution >= 4 is 17.0 Å². The number of aromatic nitrogens is 2. The van der Waals surface area contributed by atoms with Gasteiger partial charge in [0.1, 0.15) is 17.5 Å². The highest BCUT2D eigenvalue weighted by molar-refractivity contribution is 5.93. The molecule has 1 amide bonds. The van der Waals surface area contributed by atoms with E-state index in [0.717, 1.165) is 33.5 Å². The van der Waals surface area contributed by atoms with E-state index in [0.29, 0.717) is 19.6 Å². The Labute approximate surface area is 145 Å². The summed E-state index contributed by atoms with van der Waals surface area (Å²) in [5.74, 6) is 0.789. The van der Waals surface area contributed by atoms with Gasteiger partial charge < -0.3 is 14.8 Å². The molecule has 2 aromatic carbocycles. The third kappa shape index (κ3) is 3.15. The molecular weight excluding hydrogens is 318 g/mol. The summed E-state index contributed by atoms with van der Waals surface area (Å²) in [6.07, 6.45) is -0.0642. The monoisotopic (exact) mass is 337 g/mol. The molecule has 1 aliphatic rings. The third-order valence-corrected chi connectivity index (χ3v) is 4.31. The van der Waals surface area contributed by atoms with Crippen molar-refractivity contribution in [3.63, 3.8) is 0 Å². The average Bonchev–Trinajstić information content (AvgIpc) is 3.04. The van der Waals surface area contributed by atoms with Crippen LogP contribution in [-0.4, -0.2) is 29.4 Å². The zero-order valence-electron chi connectivity index (χ0n) is 13.9. The Kier molecular flexibility index (Phi) is 4.01. The highest BCUT2D eigenvalue weighted by Crippen LogP contribution is 2.31. The van der Waals surface area contributed by atoms with Crippen LogP contribution in [0, 0.1) is 0 Å². The van der Waals surface area contributed by atoms with Crippen LogP contribution in [0.15, 0.2) is 42.5 Å². The Balaban J connectivity index is 1.81. The fourth-order valence-electron chi connectivity index (χ4n) is 2.96. The molecule has 1 aliphatic heterocycles. The van der Waals surface area contributed by atoms with Crippen LogP contribution in [0.3, 0.4) is 0 Å². The molecule has 0 radical (unpaired) electrons. The Bertz CT molecular complexity index is 919. The maximum atomic E-state index is 11.9. The van der Waals surface area contributed by atoms with Gasteiger partial charge in [0.15, 0.2) is 0 Å². The van der Waals surface area contributed by atoms with Crippen molar-refractivity contribution in [2.75, 3.05) is 13.2 Å².